The molecule has 1 saturated carbocycles. The summed E-state index contributed by atoms with van der Waals surface area (Å²) in [7, 11) is 0. The van der Waals surface area contributed by atoms with Gasteiger partial charge in [0.15, 0.2) is 0 Å². The largest absolute Gasteiger partial charge is 0.368 e. The van der Waals surface area contributed by atoms with E-state index >= 15 is 0 Å². The second-order valence-corrected chi connectivity index (χ2v) is 5.61. The highest BCUT2D eigenvalue weighted by atomic mass is 19.1. The molecule has 1 fully saturated rings. The van der Waals surface area contributed by atoms with Crippen molar-refractivity contribution < 1.29 is 9.18 Å². The zero-order chi connectivity index (χ0) is 13.4. The number of nitrogens with one attached hydrogen (secondary N) is 1. The third-order valence-electron chi connectivity index (χ3n) is 4.15. The molecule has 0 aliphatic heterocycles. The van der Waals surface area contributed by atoms with E-state index in [2.05, 4.69) is 5.32 Å². The van der Waals surface area contributed by atoms with Gasteiger partial charge in [0.25, 0.3) is 0 Å². The van der Waals surface area contributed by atoms with Gasteiger partial charge in [0.2, 0.25) is 5.91 Å². The predicted octanol–water partition coefficient (Wildman–Crippen LogP) is 2.67. The first-order valence-electron chi connectivity index (χ1n) is 6.22. The molecule has 3 N–H and O–H groups in total. The van der Waals surface area contributed by atoms with E-state index in [4.69, 9.17) is 5.73 Å². The quantitative estimate of drug-likeness (QED) is 0.866. The van der Waals surface area contributed by atoms with Crippen LogP contribution in [0.25, 0.3) is 0 Å². The third-order valence-corrected chi connectivity index (χ3v) is 4.15. The molecular formula is C14H19FN2O. The molecule has 1 atom stereocenters. The van der Waals surface area contributed by atoms with Crippen molar-refractivity contribution in [1.82, 2.24) is 0 Å². The summed E-state index contributed by atoms with van der Waals surface area (Å²) in [5, 5.41) is 3.06. The molecule has 1 amide bonds. The summed E-state index contributed by atoms with van der Waals surface area (Å²) in [6, 6.07) is 6.37. The Bertz CT molecular complexity index is 473. The van der Waals surface area contributed by atoms with Crippen molar-refractivity contribution in [3.05, 3.63) is 30.1 Å². The van der Waals surface area contributed by atoms with E-state index in [-0.39, 0.29) is 11.2 Å². The highest BCUT2D eigenvalue weighted by Crippen LogP contribution is 2.47. The number of benzene rings is 1. The van der Waals surface area contributed by atoms with Gasteiger partial charge in [-0.25, -0.2) is 4.39 Å². The van der Waals surface area contributed by atoms with Gasteiger partial charge in [0, 0.05) is 0 Å². The Morgan fingerprint density at radius 3 is 2.50 bits per heavy atom. The van der Waals surface area contributed by atoms with Crippen LogP contribution in [0.15, 0.2) is 24.3 Å². The number of hydrogen-bond acceptors (Lipinski definition) is 2. The van der Waals surface area contributed by atoms with Gasteiger partial charge in [-0.3, -0.25) is 4.79 Å². The van der Waals surface area contributed by atoms with Crippen molar-refractivity contribution in [3.63, 3.8) is 0 Å². The van der Waals surface area contributed by atoms with E-state index in [1.54, 1.807) is 18.2 Å². The van der Waals surface area contributed by atoms with Gasteiger partial charge in [-0.2, -0.15) is 0 Å². The van der Waals surface area contributed by atoms with E-state index in [1.807, 2.05) is 13.8 Å². The van der Waals surface area contributed by atoms with E-state index < -0.39 is 11.4 Å². The number of amides is 1. The number of rotatable bonds is 3. The fourth-order valence-corrected chi connectivity index (χ4v) is 2.89. The van der Waals surface area contributed by atoms with Crippen LogP contribution in [0.3, 0.4) is 0 Å². The molecule has 1 aromatic rings. The number of carbonyl (C=O) groups excluding carboxylic acids is 1. The second-order valence-electron chi connectivity index (χ2n) is 5.61. The second kappa shape index (κ2) is 4.26. The molecule has 0 aromatic heterocycles. The normalized spacial score (nSPS) is 25.9. The topological polar surface area (TPSA) is 55.1 Å². The van der Waals surface area contributed by atoms with Crippen LogP contribution in [-0.4, -0.2) is 11.4 Å². The Morgan fingerprint density at radius 1 is 1.33 bits per heavy atom. The van der Waals surface area contributed by atoms with Crippen LogP contribution >= 0.6 is 0 Å². The molecule has 2 rings (SSSR count). The van der Waals surface area contributed by atoms with Crippen molar-refractivity contribution in [3.8, 4) is 0 Å². The van der Waals surface area contributed by atoms with Gasteiger partial charge in [-0.05, 0) is 36.8 Å². The number of primary amides is 1. The number of nitrogens with two attached hydrogens (primary N) is 1. The van der Waals surface area contributed by atoms with Crippen LogP contribution in [-0.2, 0) is 4.79 Å². The lowest BCUT2D eigenvalue weighted by atomic mass is 9.74. The first-order chi connectivity index (χ1) is 8.39. The van der Waals surface area contributed by atoms with Gasteiger partial charge >= 0.3 is 0 Å². The maximum absolute atomic E-state index is 13.7. The van der Waals surface area contributed by atoms with Gasteiger partial charge in [-0.1, -0.05) is 26.0 Å². The summed E-state index contributed by atoms with van der Waals surface area (Å²) in [5.74, 6) is -0.769. The number of halogens is 1. The Morgan fingerprint density at radius 2 is 2.00 bits per heavy atom. The number of carbonyl (C=O) groups is 1. The molecule has 0 bridgehead atoms. The summed E-state index contributed by atoms with van der Waals surface area (Å²) in [4.78, 5) is 11.9. The van der Waals surface area contributed by atoms with E-state index in [0.29, 0.717) is 12.1 Å². The lowest BCUT2D eigenvalue weighted by Crippen LogP contribution is -2.57. The minimum Gasteiger partial charge on any atom is -0.368 e. The monoisotopic (exact) mass is 250 g/mol. The summed E-state index contributed by atoms with van der Waals surface area (Å²) >= 11 is 0. The lowest BCUT2D eigenvalue weighted by Gasteiger charge is -2.40. The molecule has 0 heterocycles. The molecule has 0 radical (unpaired) electrons. The molecule has 0 spiro atoms. The highest BCUT2D eigenvalue weighted by molar-refractivity contribution is 5.89. The fraction of sp³-hybridized carbons (Fsp3) is 0.500. The molecule has 1 aromatic carbocycles. The Kier molecular flexibility index (Phi) is 3.05. The molecule has 1 aliphatic carbocycles. The first-order valence-corrected chi connectivity index (χ1v) is 6.22. The molecule has 18 heavy (non-hydrogen) atoms. The van der Waals surface area contributed by atoms with E-state index in [1.165, 1.54) is 6.07 Å². The number of para-hydroxylation sites is 1. The van der Waals surface area contributed by atoms with Crippen LogP contribution in [0.4, 0.5) is 10.1 Å². The van der Waals surface area contributed by atoms with Crippen LogP contribution in [0, 0.1) is 11.2 Å². The van der Waals surface area contributed by atoms with Gasteiger partial charge < -0.3 is 11.1 Å². The van der Waals surface area contributed by atoms with Crippen LogP contribution < -0.4 is 11.1 Å². The average Bonchev–Trinajstić information content (AvgIpc) is 2.58. The molecule has 4 heteroatoms. The average molecular weight is 250 g/mol. The van der Waals surface area contributed by atoms with Crippen molar-refractivity contribution in [2.75, 3.05) is 5.32 Å². The zero-order valence-corrected chi connectivity index (χ0v) is 10.8. The minimum absolute atomic E-state index is 0.277. The van der Waals surface area contributed by atoms with Crippen LogP contribution in [0.5, 0.6) is 0 Å². The van der Waals surface area contributed by atoms with E-state index in [9.17, 15) is 9.18 Å². The number of anilines is 1. The summed E-state index contributed by atoms with van der Waals surface area (Å²) in [5.41, 5.74) is 4.78. The van der Waals surface area contributed by atoms with Crippen LogP contribution in [0.2, 0.25) is 0 Å². The lowest BCUT2D eigenvalue weighted by molar-refractivity contribution is -0.125. The van der Waals surface area contributed by atoms with E-state index in [0.717, 1.165) is 12.8 Å². The van der Waals surface area contributed by atoms with Gasteiger partial charge in [0.05, 0.1) is 5.69 Å². The Balaban J connectivity index is 2.40. The standard InChI is InChI=1S/C14H19FN2O/c1-13(2)8-5-9-14(13,12(16)18)17-11-7-4-3-6-10(11)15/h3-4,6-7,17H,5,8-9H2,1-2H3,(H2,16,18). The molecule has 98 valence electrons. The summed E-state index contributed by atoms with van der Waals surface area (Å²) < 4.78 is 13.7. The maximum atomic E-state index is 13.7. The third kappa shape index (κ3) is 1.85. The fourth-order valence-electron chi connectivity index (χ4n) is 2.89. The summed E-state index contributed by atoms with van der Waals surface area (Å²) in [6.45, 7) is 4.00. The van der Waals surface area contributed by atoms with Crippen molar-refractivity contribution in [2.24, 2.45) is 11.1 Å². The SMILES string of the molecule is CC1(C)CCCC1(Nc1ccccc1F)C(N)=O. The zero-order valence-electron chi connectivity index (χ0n) is 10.8. The van der Waals surface area contributed by atoms with Gasteiger partial charge in [-0.15, -0.1) is 0 Å². The van der Waals surface area contributed by atoms with Crippen molar-refractivity contribution >= 4 is 11.6 Å². The van der Waals surface area contributed by atoms with Gasteiger partial charge in [0.1, 0.15) is 11.4 Å². The minimum atomic E-state index is -0.866. The molecule has 1 aliphatic rings. The van der Waals surface area contributed by atoms with Crippen LogP contribution in [0.1, 0.15) is 33.1 Å². The van der Waals surface area contributed by atoms with Crippen molar-refractivity contribution in [1.29, 1.82) is 0 Å². The Hall–Kier alpha value is -1.58. The molecule has 0 saturated heterocycles. The maximum Gasteiger partial charge on any atom is 0.243 e. The van der Waals surface area contributed by atoms with Crippen molar-refractivity contribution in [2.45, 2.75) is 38.6 Å². The highest BCUT2D eigenvalue weighted by Gasteiger charge is 2.53. The molecule has 3 nitrogen and oxygen atoms in total. The smallest absolute Gasteiger partial charge is 0.243 e. The predicted molar refractivity (Wildman–Crippen MR) is 69.6 cm³/mol. The summed E-state index contributed by atoms with van der Waals surface area (Å²) in [6.07, 6.45) is 2.46. The molecular weight excluding hydrogens is 231 g/mol. The molecule has 1 unspecified atom stereocenters. The Labute approximate surface area is 107 Å². The first kappa shape index (κ1) is 12.9. The number of hydrogen-bond donors (Lipinski definition) is 2.